The average molecular weight is 186 g/mol. The second-order valence-corrected chi connectivity index (χ2v) is 2.24. The predicted octanol–water partition coefficient (Wildman–Crippen LogP) is 0.341. The van der Waals surface area contributed by atoms with Gasteiger partial charge in [-0.2, -0.15) is 0 Å². The number of carbonyl (C=O) groups excluding carboxylic acids is 2. The molecule has 0 bridgehead atoms. The summed E-state index contributed by atoms with van der Waals surface area (Å²) in [7, 11) is 1.12. The normalized spacial score (nSPS) is 9.69. The first kappa shape index (κ1) is 9.24. The highest BCUT2D eigenvalue weighted by Gasteiger charge is 2.16. The van der Waals surface area contributed by atoms with Crippen LogP contribution in [0.15, 0.2) is 12.3 Å². The summed E-state index contributed by atoms with van der Waals surface area (Å²) in [6.07, 6.45) is 0.814. The predicted molar refractivity (Wildman–Crippen MR) is 40.7 cm³/mol. The number of nitrogens with two attached hydrogens (primary N) is 1. The number of primary amides is 1. The van der Waals surface area contributed by atoms with Crippen LogP contribution < -0.4 is 5.73 Å². The third kappa shape index (κ3) is 1.66. The van der Waals surface area contributed by atoms with Gasteiger partial charge < -0.3 is 10.5 Å². The van der Waals surface area contributed by atoms with E-state index < -0.39 is 17.8 Å². The summed E-state index contributed by atoms with van der Waals surface area (Å²) in [5, 5.41) is 0. The van der Waals surface area contributed by atoms with E-state index in [1.165, 1.54) is 0 Å². The Labute approximate surface area is 72.9 Å². The van der Waals surface area contributed by atoms with Gasteiger partial charge in [-0.15, -0.1) is 0 Å². The molecule has 70 valence electrons. The molecule has 1 amide bonds. The van der Waals surface area contributed by atoms with E-state index >= 15 is 0 Å². The lowest BCUT2D eigenvalue weighted by Gasteiger charge is -2.00. The van der Waals surface area contributed by atoms with Gasteiger partial charge in [0.2, 0.25) is 0 Å². The largest absolute Gasteiger partial charge is 0.464 e. The van der Waals surface area contributed by atoms with Gasteiger partial charge in [0, 0.05) is 6.07 Å². The number of hydrogen-bond donors (Lipinski definition) is 1. The van der Waals surface area contributed by atoms with Gasteiger partial charge in [0.05, 0.1) is 13.3 Å². The highest BCUT2D eigenvalue weighted by atomic mass is 19.1. The quantitative estimate of drug-likeness (QED) is 0.642. The van der Waals surface area contributed by atoms with Crippen LogP contribution in [-0.2, 0) is 4.74 Å². The zero-order chi connectivity index (χ0) is 10.0. The summed E-state index contributed by atoms with van der Waals surface area (Å²) in [6.45, 7) is 0. The van der Waals surface area contributed by atoms with Crippen molar-refractivity contribution >= 4 is 12.0 Å². The summed E-state index contributed by atoms with van der Waals surface area (Å²) in [4.78, 5) is 21.6. The molecule has 0 aliphatic rings. The van der Waals surface area contributed by atoms with Gasteiger partial charge >= 0.3 is 12.0 Å². The van der Waals surface area contributed by atoms with Crippen LogP contribution in [0.4, 0.5) is 9.18 Å². The van der Waals surface area contributed by atoms with Gasteiger partial charge in [0.25, 0.3) is 0 Å². The van der Waals surface area contributed by atoms with E-state index in [0.29, 0.717) is 4.57 Å². The lowest BCUT2D eigenvalue weighted by molar-refractivity contribution is 0.0590. The number of methoxy groups -OCH3 is 1. The van der Waals surface area contributed by atoms with Gasteiger partial charge in [-0.1, -0.05) is 0 Å². The van der Waals surface area contributed by atoms with Crippen LogP contribution in [-0.4, -0.2) is 23.7 Å². The fourth-order valence-electron chi connectivity index (χ4n) is 0.874. The highest BCUT2D eigenvalue weighted by Crippen LogP contribution is 2.07. The smallest absolute Gasteiger partial charge is 0.355 e. The SMILES string of the molecule is COC(=O)c1cc(F)cn1C(N)=O. The fraction of sp³-hybridized carbons (Fsp3) is 0.143. The van der Waals surface area contributed by atoms with E-state index in [2.05, 4.69) is 4.74 Å². The molecule has 13 heavy (non-hydrogen) atoms. The Hall–Kier alpha value is -1.85. The van der Waals surface area contributed by atoms with Crippen molar-refractivity contribution in [2.75, 3.05) is 7.11 Å². The van der Waals surface area contributed by atoms with Crippen molar-refractivity contribution in [3.63, 3.8) is 0 Å². The maximum atomic E-state index is 12.6. The molecular weight excluding hydrogens is 179 g/mol. The molecule has 0 spiro atoms. The summed E-state index contributed by atoms with van der Waals surface area (Å²) < 4.78 is 17.6. The molecule has 0 saturated carbocycles. The average Bonchev–Trinajstić information content (AvgIpc) is 2.46. The summed E-state index contributed by atoms with van der Waals surface area (Å²) in [5.74, 6) is -1.54. The zero-order valence-electron chi connectivity index (χ0n) is 6.78. The standard InChI is InChI=1S/C7H7FN2O3/c1-13-6(11)5-2-4(8)3-10(5)7(9)12/h2-3H,1H3,(H2,9,12). The maximum Gasteiger partial charge on any atom is 0.355 e. The Kier molecular flexibility index (Phi) is 2.32. The van der Waals surface area contributed by atoms with E-state index in [9.17, 15) is 14.0 Å². The van der Waals surface area contributed by atoms with Crippen LogP contribution in [0.2, 0.25) is 0 Å². The minimum absolute atomic E-state index is 0.229. The number of hydrogen-bond acceptors (Lipinski definition) is 3. The Balaban J connectivity index is 3.19. The molecule has 2 N–H and O–H groups in total. The van der Waals surface area contributed by atoms with Crippen molar-refractivity contribution in [2.24, 2.45) is 5.73 Å². The molecule has 0 fully saturated rings. The topological polar surface area (TPSA) is 74.3 Å². The third-order valence-corrected chi connectivity index (χ3v) is 1.42. The number of halogens is 1. The van der Waals surface area contributed by atoms with Crippen LogP contribution in [0.25, 0.3) is 0 Å². The number of nitrogens with zero attached hydrogens (tertiary/aromatic N) is 1. The zero-order valence-corrected chi connectivity index (χ0v) is 6.78. The summed E-state index contributed by atoms with van der Waals surface area (Å²) in [6, 6.07) is -0.0688. The molecule has 5 nitrogen and oxygen atoms in total. The molecular formula is C7H7FN2O3. The van der Waals surface area contributed by atoms with Gasteiger partial charge in [-0.05, 0) is 0 Å². The van der Waals surface area contributed by atoms with Crippen LogP contribution in [0, 0.1) is 5.82 Å². The molecule has 0 aliphatic heterocycles. The molecule has 1 aromatic heterocycles. The van der Waals surface area contributed by atoms with Gasteiger partial charge in [0.15, 0.2) is 0 Å². The van der Waals surface area contributed by atoms with Crippen LogP contribution in [0.5, 0.6) is 0 Å². The molecule has 1 aromatic rings. The van der Waals surface area contributed by atoms with Crippen LogP contribution >= 0.6 is 0 Å². The number of carbonyl (C=O) groups is 2. The Morgan fingerprint density at radius 2 is 2.23 bits per heavy atom. The molecule has 0 aromatic carbocycles. The second-order valence-electron chi connectivity index (χ2n) is 2.24. The van der Waals surface area contributed by atoms with Crippen molar-refractivity contribution in [2.45, 2.75) is 0 Å². The first-order valence-electron chi connectivity index (χ1n) is 3.32. The Morgan fingerprint density at radius 3 is 2.69 bits per heavy atom. The van der Waals surface area contributed by atoms with E-state index in [1.807, 2.05) is 0 Å². The highest BCUT2D eigenvalue weighted by molar-refractivity contribution is 5.92. The van der Waals surface area contributed by atoms with Crippen molar-refractivity contribution < 1.29 is 18.7 Å². The monoisotopic (exact) mass is 186 g/mol. The van der Waals surface area contributed by atoms with Gasteiger partial charge in [-0.25, -0.2) is 14.0 Å². The van der Waals surface area contributed by atoms with Crippen molar-refractivity contribution in [3.05, 3.63) is 23.8 Å². The minimum Gasteiger partial charge on any atom is -0.464 e. The fourth-order valence-corrected chi connectivity index (χ4v) is 0.874. The molecule has 0 unspecified atom stereocenters. The second kappa shape index (κ2) is 3.26. The lowest BCUT2D eigenvalue weighted by Crippen LogP contribution is -2.23. The first-order chi connectivity index (χ1) is 6.06. The number of aromatic nitrogens is 1. The first-order valence-corrected chi connectivity index (χ1v) is 3.32. The molecule has 1 rings (SSSR count). The molecule has 0 atom stereocenters. The van der Waals surface area contributed by atoms with E-state index in [-0.39, 0.29) is 5.69 Å². The summed E-state index contributed by atoms with van der Waals surface area (Å²) >= 11 is 0. The van der Waals surface area contributed by atoms with Crippen LogP contribution in [0.1, 0.15) is 10.5 Å². The minimum atomic E-state index is -0.940. The molecule has 0 radical (unpaired) electrons. The summed E-state index contributed by atoms with van der Waals surface area (Å²) in [5.41, 5.74) is 4.64. The lowest BCUT2D eigenvalue weighted by atomic mass is 10.4. The Morgan fingerprint density at radius 1 is 1.62 bits per heavy atom. The molecule has 0 saturated heterocycles. The van der Waals surface area contributed by atoms with Gasteiger partial charge in [0.1, 0.15) is 11.5 Å². The number of amides is 1. The van der Waals surface area contributed by atoms with E-state index in [4.69, 9.17) is 5.73 Å². The van der Waals surface area contributed by atoms with E-state index in [0.717, 1.165) is 19.4 Å². The number of esters is 1. The van der Waals surface area contributed by atoms with Crippen molar-refractivity contribution in [3.8, 4) is 0 Å². The number of rotatable bonds is 1. The molecule has 6 heteroatoms. The molecule has 1 heterocycles. The third-order valence-electron chi connectivity index (χ3n) is 1.42. The van der Waals surface area contributed by atoms with Crippen molar-refractivity contribution in [1.29, 1.82) is 0 Å². The Bertz CT molecular complexity index is 359. The number of ether oxygens (including phenoxy) is 1. The van der Waals surface area contributed by atoms with Crippen molar-refractivity contribution in [1.82, 2.24) is 4.57 Å². The molecule has 0 aliphatic carbocycles. The van der Waals surface area contributed by atoms with Crippen LogP contribution in [0.3, 0.4) is 0 Å². The van der Waals surface area contributed by atoms with E-state index in [1.54, 1.807) is 0 Å². The maximum absolute atomic E-state index is 12.6. The van der Waals surface area contributed by atoms with Gasteiger partial charge in [-0.3, -0.25) is 4.57 Å².